The largest absolute Gasteiger partial charge is 0.321 e. The van der Waals surface area contributed by atoms with Crippen LogP contribution in [0.5, 0.6) is 0 Å². The first-order chi connectivity index (χ1) is 8.63. The van der Waals surface area contributed by atoms with Crippen LogP contribution in [0.25, 0.3) is 11.6 Å². The van der Waals surface area contributed by atoms with Gasteiger partial charge < -0.3 is 5.32 Å². The van der Waals surface area contributed by atoms with Gasteiger partial charge in [-0.25, -0.2) is 0 Å². The van der Waals surface area contributed by atoms with Gasteiger partial charge in [0.25, 0.3) is 5.91 Å². The molecule has 3 rings (SSSR count). The van der Waals surface area contributed by atoms with E-state index in [4.69, 9.17) is 11.6 Å². The summed E-state index contributed by atoms with van der Waals surface area (Å²) in [6, 6.07) is 9.33. The van der Waals surface area contributed by atoms with E-state index < -0.39 is 0 Å². The van der Waals surface area contributed by atoms with Gasteiger partial charge in [0.15, 0.2) is 0 Å². The van der Waals surface area contributed by atoms with Crippen LogP contribution in [0.3, 0.4) is 0 Å². The van der Waals surface area contributed by atoms with Crippen LogP contribution in [0.15, 0.2) is 34.1 Å². The zero-order valence-corrected chi connectivity index (χ0v) is 12.2. The molecule has 0 saturated carbocycles. The van der Waals surface area contributed by atoms with Crippen molar-refractivity contribution in [3.63, 3.8) is 0 Å². The summed E-state index contributed by atoms with van der Waals surface area (Å²) in [5, 5.41) is 3.46. The number of carbonyl (C=O) groups is 1. The van der Waals surface area contributed by atoms with Crippen LogP contribution in [0.1, 0.15) is 10.4 Å². The molecule has 2 heterocycles. The van der Waals surface area contributed by atoms with Crippen LogP contribution in [0, 0.1) is 0 Å². The average Bonchev–Trinajstić information content (AvgIpc) is 2.86. The number of benzene rings is 1. The van der Waals surface area contributed by atoms with E-state index in [1.165, 1.54) is 0 Å². The molecule has 2 nitrogen and oxygen atoms in total. The fourth-order valence-electron chi connectivity index (χ4n) is 1.85. The molecule has 0 aliphatic carbocycles. The van der Waals surface area contributed by atoms with E-state index in [9.17, 15) is 4.79 Å². The number of rotatable bonds is 1. The van der Waals surface area contributed by atoms with E-state index in [0.717, 1.165) is 19.9 Å². The summed E-state index contributed by atoms with van der Waals surface area (Å²) in [5.41, 5.74) is 2.32. The fourth-order valence-corrected chi connectivity index (χ4v) is 3.39. The molecule has 1 aromatic heterocycles. The number of hydrogen-bond acceptors (Lipinski definition) is 2. The Kier molecular flexibility index (Phi) is 3.01. The first kappa shape index (κ1) is 12.0. The fraction of sp³-hybridized carbons (Fsp3) is 0. The van der Waals surface area contributed by atoms with Gasteiger partial charge in [-0.2, -0.15) is 0 Å². The highest BCUT2D eigenvalue weighted by atomic mass is 79.9. The summed E-state index contributed by atoms with van der Waals surface area (Å²) in [5.74, 6) is -0.0863. The van der Waals surface area contributed by atoms with Gasteiger partial charge in [-0.3, -0.25) is 4.79 Å². The lowest BCUT2D eigenvalue weighted by Crippen LogP contribution is -2.03. The van der Waals surface area contributed by atoms with Crippen LogP contribution < -0.4 is 5.32 Å². The second-order valence-electron chi connectivity index (χ2n) is 3.84. The van der Waals surface area contributed by atoms with Gasteiger partial charge in [0.1, 0.15) is 0 Å². The highest BCUT2D eigenvalue weighted by Crippen LogP contribution is 2.36. The first-order valence-electron chi connectivity index (χ1n) is 5.22. The van der Waals surface area contributed by atoms with Crippen LogP contribution in [-0.4, -0.2) is 5.91 Å². The zero-order valence-electron chi connectivity index (χ0n) is 9.04. The van der Waals surface area contributed by atoms with Crippen molar-refractivity contribution in [2.45, 2.75) is 0 Å². The lowest BCUT2D eigenvalue weighted by atomic mass is 10.1. The summed E-state index contributed by atoms with van der Waals surface area (Å²) in [6.45, 7) is 0. The Balaban J connectivity index is 2.11. The second kappa shape index (κ2) is 4.53. The van der Waals surface area contributed by atoms with Gasteiger partial charge in [-0.15, -0.1) is 11.3 Å². The average molecular weight is 341 g/mol. The topological polar surface area (TPSA) is 29.1 Å². The monoisotopic (exact) mass is 339 g/mol. The Morgan fingerprint density at radius 3 is 2.83 bits per heavy atom. The van der Waals surface area contributed by atoms with Gasteiger partial charge in [0, 0.05) is 21.2 Å². The highest BCUT2D eigenvalue weighted by Gasteiger charge is 2.24. The highest BCUT2D eigenvalue weighted by molar-refractivity contribution is 9.11. The molecule has 5 heteroatoms. The molecule has 18 heavy (non-hydrogen) atoms. The predicted molar refractivity (Wildman–Crippen MR) is 80.0 cm³/mol. The maximum absolute atomic E-state index is 11.9. The van der Waals surface area contributed by atoms with Gasteiger partial charge in [-0.05, 0) is 52.3 Å². The molecule has 0 atom stereocenters. The third-order valence-corrected chi connectivity index (χ3v) is 4.45. The quantitative estimate of drug-likeness (QED) is 0.752. The number of halogens is 2. The molecule has 1 amide bonds. The van der Waals surface area contributed by atoms with Gasteiger partial charge in [0.2, 0.25) is 0 Å². The van der Waals surface area contributed by atoms with Crippen molar-refractivity contribution >= 4 is 62.1 Å². The first-order valence-corrected chi connectivity index (χ1v) is 7.20. The maximum Gasteiger partial charge on any atom is 0.256 e. The number of carbonyl (C=O) groups excluding carboxylic acids is 1. The van der Waals surface area contributed by atoms with Gasteiger partial charge in [0.05, 0.1) is 9.36 Å². The molecule has 1 aliphatic heterocycles. The lowest BCUT2D eigenvalue weighted by molar-refractivity contribution is -0.110. The van der Waals surface area contributed by atoms with E-state index in [0.29, 0.717) is 10.6 Å². The Bertz CT molecular complexity index is 677. The number of nitrogens with one attached hydrogen (secondary N) is 1. The van der Waals surface area contributed by atoms with Crippen molar-refractivity contribution < 1.29 is 4.79 Å². The molecule has 0 unspecified atom stereocenters. The Morgan fingerprint density at radius 2 is 2.11 bits per heavy atom. The molecular weight excluding hydrogens is 334 g/mol. The number of amides is 1. The van der Waals surface area contributed by atoms with Crippen LogP contribution in [0.4, 0.5) is 5.69 Å². The van der Waals surface area contributed by atoms with Gasteiger partial charge in [-0.1, -0.05) is 11.6 Å². The molecule has 0 radical (unpaired) electrons. The molecular formula is C13H7BrClNOS. The standard InChI is InChI=1S/C13H7BrClNOS/c14-12-4-2-8(18-12)6-10-9-5-7(15)1-3-11(9)16-13(10)17/h1-6H,(H,16,17)/b10-6+. The predicted octanol–water partition coefficient (Wildman–Crippen LogP) is 4.66. The normalized spacial score (nSPS) is 15.9. The molecule has 0 spiro atoms. The molecule has 0 saturated heterocycles. The smallest absolute Gasteiger partial charge is 0.256 e. The summed E-state index contributed by atoms with van der Waals surface area (Å²) >= 11 is 11.0. The van der Waals surface area contributed by atoms with Crippen molar-refractivity contribution in [3.05, 3.63) is 49.6 Å². The molecule has 1 aliphatic rings. The van der Waals surface area contributed by atoms with Crippen molar-refractivity contribution in [1.29, 1.82) is 0 Å². The summed E-state index contributed by atoms with van der Waals surface area (Å²) in [4.78, 5) is 13.0. The minimum atomic E-state index is -0.0863. The van der Waals surface area contributed by atoms with E-state index >= 15 is 0 Å². The van der Waals surface area contributed by atoms with Crippen molar-refractivity contribution in [2.24, 2.45) is 0 Å². The minimum absolute atomic E-state index is 0.0863. The SMILES string of the molecule is O=C1Nc2ccc(Cl)cc2/C1=C\c1ccc(Br)s1. The van der Waals surface area contributed by atoms with Crippen molar-refractivity contribution in [3.8, 4) is 0 Å². The van der Waals surface area contributed by atoms with E-state index in [-0.39, 0.29) is 5.91 Å². The van der Waals surface area contributed by atoms with Crippen molar-refractivity contribution in [2.75, 3.05) is 5.32 Å². The lowest BCUT2D eigenvalue weighted by Gasteiger charge is -1.98. The number of anilines is 1. The number of hydrogen-bond donors (Lipinski definition) is 1. The second-order valence-corrected chi connectivity index (χ2v) is 6.77. The maximum atomic E-state index is 11.9. The Labute approximate surface area is 121 Å². The van der Waals surface area contributed by atoms with Gasteiger partial charge >= 0.3 is 0 Å². The van der Waals surface area contributed by atoms with Crippen molar-refractivity contribution in [1.82, 2.24) is 0 Å². The van der Waals surface area contributed by atoms with E-state index in [1.807, 2.05) is 30.3 Å². The Hall–Kier alpha value is -1.10. The molecule has 2 aromatic rings. The molecule has 1 N–H and O–H groups in total. The van der Waals surface area contributed by atoms with Crippen LogP contribution in [-0.2, 0) is 4.79 Å². The number of thiophene rings is 1. The summed E-state index contributed by atoms with van der Waals surface area (Å²) < 4.78 is 1.04. The molecule has 1 aromatic carbocycles. The third-order valence-electron chi connectivity index (χ3n) is 2.65. The Morgan fingerprint density at radius 1 is 1.28 bits per heavy atom. The minimum Gasteiger partial charge on any atom is -0.321 e. The summed E-state index contributed by atoms with van der Waals surface area (Å²) in [6.07, 6.45) is 1.88. The van der Waals surface area contributed by atoms with E-state index in [1.54, 1.807) is 17.4 Å². The van der Waals surface area contributed by atoms with E-state index in [2.05, 4.69) is 21.2 Å². The summed E-state index contributed by atoms with van der Waals surface area (Å²) in [7, 11) is 0. The van der Waals surface area contributed by atoms with Crippen LogP contribution >= 0.6 is 38.9 Å². The third kappa shape index (κ3) is 2.11. The molecule has 90 valence electrons. The molecule has 0 bridgehead atoms. The molecule has 0 fully saturated rings. The number of fused-ring (bicyclic) bond motifs is 1. The zero-order chi connectivity index (χ0) is 12.7. The van der Waals surface area contributed by atoms with Crippen LogP contribution in [0.2, 0.25) is 5.02 Å².